The van der Waals surface area contributed by atoms with Crippen LogP contribution < -0.4 is 10.6 Å². The van der Waals surface area contributed by atoms with Crippen LogP contribution in [0.25, 0.3) is 0 Å². The summed E-state index contributed by atoms with van der Waals surface area (Å²) < 4.78 is 0. The van der Waals surface area contributed by atoms with Crippen molar-refractivity contribution in [3.8, 4) is 0 Å². The molecule has 0 saturated heterocycles. The number of hydrogen-bond donors (Lipinski definition) is 2. The van der Waals surface area contributed by atoms with E-state index in [-0.39, 0.29) is 11.8 Å². The first kappa shape index (κ1) is 16.6. The number of thioether (sulfide) groups is 1. The van der Waals surface area contributed by atoms with Gasteiger partial charge in [0.15, 0.2) is 0 Å². The number of amides is 2. The van der Waals surface area contributed by atoms with Crippen LogP contribution in [-0.4, -0.2) is 17.1 Å². The summed E-state index contributed by atoms with van der Waals surface area (Å²) in [6.07, 6.45) is 0. The fourth-order valence-electron chi connectivity index (χ4n) is 2.65. The SMILES string of the molecule is Cc1ccc(C)c(NC(=O)C(C)C2Sc3ccccc3NC2=O)c1. The van der Waals surface area contributed by atoms with Crippen molar-refractivity contribution in [3.63, 3.8) is 0 Å². The summed E-state index contributed by atoms with van der Waals surface area (Å²) in [5, 5.41) is 5.41. The zero-order chi connectivity index (χ0) is 17.3. The molecule has 0 radical (unpaired) electrons. The van der Waals surface area contributed by atoms with Gasteiger partial charge in [-0.2, -0.15) is 0 Å². The molecule has 2 N–H and O–H groups in total. The van der Waals surface area contributed by atoms with Crippen molar-refractivity contribution in [1.82, 2.24) is 0 Å². The zero-order valence-corrected chi connectivity index (χ0v) is 14.7. The lowest BCUT2D eigenvalue weighted by Gasteiger charge is -2.27. The number of fused-ring (bicyclic) bond motifs is 1. The van der Waals surface area contributed by atoms with Gasteiger partial charge in [0, 0.05) is 10.6 Å². The van der Waals surface area contributed by atoms with Crippen LogP contribution in [-0.2, 0) is 9.59 Å². The normalized spacial score (nSPS) is 17.6. The van der Waals surface area contributed by atoms with Gasteiger partial charge in [-0.05, 0) is 43.2 Å². The zero-order valence-electron chi connectivity index (χ0n) is 13.9. The van der Waals surface area contributed by atoms with Crippen molar-refractivity contribution in [2.45, 2.75) is 30.9 Å². The number of carbonyl (C=O) groups excluding carboxylic acids is 2. The van der Waals surface area contributed by atoms with Gasteiger partial charge in [-0.25, -0.2) is 0 Å². The smallest absolute Gasteiger partial charge is 0.238 e. The molecule has 1 aliphatic rings. The Hall–Kier alpha value is -2.27. The molecule has 0 aliphatic carbocycles. The molecule has 24 heavy (non-hydrogen) atoms. The lowest BCUT2D eigenvalue weighted by Crippen LogP contribution is -2.39. The van der Waals surface area contributed by atoms with Crippen LogP contribution in [0.5, 0.6) is 0 Å². The van der Waals surface area contributed by atoms with Gasteiger partial charge >= 0.3 is 0 Å². The quantitative estimate of drug-likeness (QED) is 0.888. The highest BCUT2D eigenvalue weighted by Crippen LogP contribution is 2.38. The fraction of sp³-hybridized carbons (Fsp3) is 0.263. The first-order chi connectivity index (χ1) is 11.5. The van der Waals surface area contributed by atoms with E-state index in [9.17, 15) is 9.59 Å². The molecule has 0 spiro atoms. The largest absolute Gasteiger partial charge is 0.326 e. The minimum absolute atomic E-state index is 0.123. The van der Waals surface area contributed by atoms with E-state index < -0.39 is 11.2 Å². The van der Waals surface area contributed by atoms with E-state index in [0.717, 1.165) is 27.4 Å². The lowest BCUT2D eigenvalue weighted by atomic mass is 10.0. The van der Waals surface area contributed by atoms with E-state index in [1.165, 1.54) is 11.8 Å². The predicted octanol–water partition coefficient (Wildman–Crippen LogP) is 3.99. The molecule has 1 heterocycles. The minimum atomic E-state index is -0.441. The number of nitrogens with one attached hydrogen (secondary N) is 2. The fourth-order valence-corrected chi connectivity index (χ4v) is 3.82. The Morgan fingerprint density at radius 3 is 2.75 bits per heavy atom. The standard InChI is InChI=1S/C19H20N2O2S/c1-11-8-9-12(2)15(10-11)21-18(22)13(3)17-19(23)20-14-6-4-5-7-16(14)24-17/h4-10,13,17H,1-3H3,(H,20,23)(H,21,22). The van der Waals surface area contributed by atoms with E-state index in [0.29, 0.717) is 0 Å². The maximum absolute atomic E-state index is 12.6. The molecule has 3 rings (SSSR count). The highest BCUT2D eigenvalue weighted by Gasteiger charge is 2.35. The second kappa shape index (κ2) is 6.69. The van der Waals surface area contributed by atoms with Gasteiger partial charge in [-0.3, -0.25) is 9.59 Å². The maximum atomic E-state index is 12.6. The predicted molar refractivity (Wildman–Crippen MR) is 98.4 cm³/mol. The molecule has 0 aromatic heterocycles. The van der Waals surface area contributed by atoms with Gasteiger partial charge in [-0.1, -0.05) is 31.2 Å². The Morgan fingerprint density at radius 2 is 1.96 bits per heavy atom. The van der Waals surface area contributed by atoms with E-state index in [2.05, 4.69) is 10.6 Å². The van der Waals surface area contributed by atoms with Gasteiger partial charge in [0.2, 0.25) is 11.8 Å². The van der Waals surface area contributed by atoms with Gasteiger partial charge in [0.25, 0.3) is 0 Å². The van der Waals surface area contributed by atoms with Crippen molar-refractivity contribution < 1.29 is 9.59 Å². The van der Waals surface area contributed by atoms with E-state index in [4.69, 9.17) is 0 Å². The maximum Gasteiger partial charge on any atom is 0.238 e. The molecule has 2 aromatic rings. The van der Waals surface area contributed by atoms with Crippen LogP contribution in [0.2, 0.25) is 0 Å². The Morgan fingerprint density at radius 1 is 1.21 bits per heavy atom. The molecule has 4 nitrogen and oxygen atoms in total. The molecule has 2 unspecified atom stereocenters. The topological polar surface area (TPSA) is 58.2 Å². The van der Waals surface area contributed by atoms with E-state index in [1.807, 2.05) is 56.3 Å². The molecule has 0 fully saturated rings. The van der Waals surface area contributed by atoms with Crippen molar-refractivity contribution in [2.75, 3.05) is 10.6 Å². The van der Waals surface area contributed by atoms with Crippen molar-refractivity contribution in [3.05, 3.63) is 53.6 Å². The minimum Gasteiger partial charge on any atom is -0.326 e. The number of para-hydroxylation sites is 1. The van der Waals surface area contributed by atoms with Crippen molar-refractivity contribution in [1.29, 1.82) is 0 Å². The number of hydrogen-bond acceptors (Lipinski definition) is 3. The molecule has 2 atom stereocenters. The monoisotopic (exact) mass is 340 g/mol. The molecular weight excluding hydrogens is 320 g/mol. The first-order valence-electron chi connectivity index (χ1n) is 7.90. The van der Waals surface area contributed by atoms with Crippen LogP contribution in [0.3, 0.4) is 0 Å². The second-order valence-corrected chi connectivity index (χ2v) is 7.30. The summed E-state index contributed by atoms with van der Waals surface area (Å²) in [7, 11) is 0. The Labute approximate surface area is 146 Å². The highest BCUT2D eigenvalue weighted by atomic mass is 32.2. The van der Waals surface area contributed by atoms with Crippen LogP contribution in [0, 0.1) is 19.8 Å². The lowest BCUT2D eigenvalue weighted by molar-refractivity contribution is -0.123. The average Bonchev–Trinajstić information content (AvgIpc) is 2.56. The summed E-state index contributed by atoms with van der Waals surface area (Å²) in [5.74, 6) is -0.707. The third-order valence-corrected chi connectivity index (χ3v) is 5.66. The Kier molecular flexibility index (Phi) is 4.62. The summed E-state index contributed by atoms with van der Waals surface area (Å²) >= 11 is 1.45. The molecule has 5 heteroatoms. The van der Waals surface area contributed by atoms with Crippen LogP contribution in [0.15, 0.2) is 47.4 Å². The molecular formula is C19H20N2O2S. The molecule has 0 saturated carbocycles. The van der Waals surface area contributed by atoms with E-state index >= 15 is 0 Å². The third-order valence-electron chi connectivity index (χ3n) is 4.18. The average molecular weight is 340 g/mol. The molecule has 2 aromatic carbocycles. The number of benzene rings is 2. The summed E-state index contributed by atoms with van der Waals surface area (Å²) in [6, 6.07) is 13.6. The van der Waals surface area contributed by atoms with E-state index in [1.54, 1.807) is 6.92 Å². The van der Waals surface area contributed by atoms with Gasteiger partial charge in [0.05, 0.1) is 16.9 Å². The van der Waals surface area contributed by atoms with Gasteiger partial charge < -0.3 is 10.6 Å². The molecule has 1 aliphatic heterocycles. The number of anilines is 2. The number of carbonyl (C=O) groups is 2. The van der Waals surface area contributed by atoms with Gasteiger partial charge in [0.1, 0.15) is 0 Å². The third kappa shape index (κ3) is 3.31. The second-order valence-electron chi connectivity index (χ2n) is 6.12. The Balaban J connectivity index is 1.76. The Bertz CT molecular complexity index is 804. The molecule has 0 bridgehead atoms. The molecule has 2 amide bonds. The summed E-state index contributed by atoms with van der Waals surface area (Å²) in [6.45, 7) is 5.74. The van der Waals surface area contributed by atoms with Crippen LogP contribution in [0.4, 0.5) is 11.4 Å². The van der Waals surface area contributed by atoms with Crippen molar-refractivity contribution >= 4 is 35.0 Å². The summed E-state index contributed by atoms with van der Waals surface area (Å²) in [5.41, 5.74) is 3.70. The number of rotatable bonds is 3. The van der Waals surface area contributed by atoms with Crippen LogP contribution >= 0.6 is 11.8 Å². The summed E-state index contributed by atoms with van der Waals surface area (Å²) in [4.78, 5) is 26.0. The van der Waals surface area contributed by atoms with Crippen LogP contribution in [0.1, 0.15) is 18.1 Å². The highest BCUT2D eigenvalue weighted by molar-refractivity contribution is 8.01. The van der Waals surface area contributed by atoms with Gasteiger partial charge in [-0.15, -0.1) is 11.8 Å². The van der Waals surface area contributed by atoms with Crippen molar-refractivity contribution in [2.24, 2.45) is 5.92 Å². The molecule has 124 valence electrons. The number of aryl methyl sites for hydroxylation is 2. The first-order valence-corrected chi connectivity index (χ1v) is 8.78.